The smallest absolute Gasteiger partial charge is 0.277 e. The minimum absolute atomic E-state index is 0.168. The molecule has 22 heavy (non-hydrogen) atoms. The van der Waals surface area contributed by atoms with Crippen molar-refractivity contribution in [1.82, 2.24) is 29.9 Å². The van der Waals surface area contributed by atoms with Gasteiger partial charge in [0.25, 0.3) is 16.7 Å². The van der Waals surface area contributed by atoms with E-state index in [1.807, 2.05) is 20.0 Å². The van der Waals surface area contributed by atoms with Crippen molar-refractivity contribution in [2.45, 2.75) is 24.8 Å². The van der Waals surface area contributed by atoms with E-state index in [1.165, 1.54) is 17.8 Å². The van der Waals surface area contributed by atoms with E-state index in [9.17, 15) is 4.79 Å². The molecule has 0 aliphatic rings. The number of aryl methyl sites for hydroxylation is 3. The molecule has 0 aromatic carbocycles. The summed E-state index contributed by atoms with van der Waals surface area (Å²) >= 11 is 1.33. The lowest BCUT2D eigenvalue weighted by atomic mass is 10.4. The third kappa shape index (κ3) is 3.08. The second-order valence-corrected chi connectivity index (χ2v) is 5.71. The van der Waals surface area contributed by atoms with Crippen LogP contribution in [0.25, 0.3) is 11.6 Å². The highest BCUT2D eigenvalue weighted by Gasteiger charge is 2.13. The molecular formula is C13H14N6O2S. The number of nitrogens with zero attached hydrogens (tertiary/aromatic N) is 5. The molecule has 9 heteroatoms. The molecule has 0 fully saturated rings. The third-order valence-electron chi connectivity index (χ3n) is 3.00. The fourth-order valence-electron chi connectivity index (χ4n) is 1.89. The van der Waals surface area contributed by atoms with Crippen LogP contribution in [0.2, 0.25) is 0 Å². The van der Waals surface area contributed by atoms with Crippen molar-refractivity contribution in [3.8, 4) is 11.6 Å². The van der Waals surface area contributed by atoms with E-state index in [4.69, 9.17) is 4.42 Å². The van der Waals surface area contributed by atoms with E-state index in [1.54, 1.807) is 11.6 Å². The van der Waals surface area contributed by atoms with Crippen LogP contribution in [0.15, 0.2) is 26.6 Å². The van der Waals surface area contributed by atoms with Crippen LogP contribution in [0.4, 0.5) is 0 Å². The van der Waals surface area contributed by atoms with E-state index in [-0.39, 0.29) is 5.56 Å². The molecule has 114 valence electrons. The van der Waals surface area contributed by atoms with E-state index in [0.29, 0.717) is 34.1 Å². The van der Waals surface area contributed by atoms with E-state index >= 15 is 0 Å². The van der Waals surface area contributed by atoms with Crippen molar-refractivity contribution >= 4 is 11.8 Å². The number of thioether (sulfide) groups is 1. The Morgan fingerprint density at radius 3 is 2.82 bits per heavy atom. The van der Waals surface area contributed by atoms with E-state index in [0.717, 1.165) is 5.69 Å². The molecule has 0 amide bonds. The van der Waals surface area contributed by atoms with Crippen molar-refractivity contribution in [3.05, 3.63) is 39.7 Å². The van der Waals surface area contributed by atoms with Crippen LogP contribution in [0.3, 0.4) is 0 Å². The van der Waals surface area contributed by atoms with Crippen molar-refractivity contribution < 1.29 is 4.42 Å². The molecule has 0 unspecified atom stereocenters. The van der Waals surface area contributed by atoms with Gasteiger partial charge < -0.3 is 9.40 Å². The van der Waals surface area contributed by atoms with E-state index in [2.05, 4.69) is 25.3 Å². The maximum absolute atomic E-state index is 11.4. The van der Waals surface area contributed by atoms with Crippen LogP contribution in [0, 0.1) is 13.8 Å². The Bertz CT molecular complexity index is 846. The first kappa shape index (κ1) is 14.5. The highest BCUT2D eigenvalue weighted by molar-refractivity contribution is 7.98. The zero-order valence-electron chi connectivity index (χ0n) is 12.3. The molecule has 0 aliphatic heterocycles. The van der Waals surface area contributed by atoms with Crippen molar-refractivity contribution in [1.29, 1.82) is 0 Å². The zero-order valence-corrected chi connectivity index (χ0v) is 13.1. The normalized spacial score (nSPS) is 11.0. The van der Waals surface area contributed by atoms with Gasteiger partial charge in [-0.15, -0.1) is 10.2 Å². The number of H-pyrrole nitrogens is 1. The summed E-state index contributed by atoms with van der Waals surface area (Å²) in [5.74, 6) is 1.44. The van der Waals surface area contributed by atoms with Crippen LogP contribution in [-0.2, 0) is 12.8 Å². The fourth-order valence-corrected chi connectivity index (χ4v) is 2.54. The molecular weight excluding hydrogens is 304 g/mol. The summed E-state index contributed by atoms with van der Waals surface area (Å²) in [6.07, 6.45) is 0. The van der Waals surface area contributed by atoms with Gasteiger partial charge in [0.05, 0.1) is 5.69 Å². The highest BCUT2D eigenvalue weighted by atomic mass is 32.2. The molecule has 8 nitrogen and oxygen atoms in total. The van der Waals surface area contributed by atoms with Crippen LogP contribution >= 0.6 is 11.8 Å². The molecule has 3 aromatic rings. The molecule has 0 radical (unpaired) electrons. The van der Waals surface area contributed by atoms with Crippen LogP contribution in [0.5, 0.6) is 0 Å². The van der Waals surface area contributed by atoms with Gasteiger partial charge in [-0.1, -0.05) is 11.8 Å². The number of nitrogens with one attached hydrogen (secondary N) is 1. The Balaban J connectivity index is 1.73. The molecule has 0 aliphatic carbocycles. The Morgan fingerprint density at radius 2 is 2.14 bits per heavy atom. The lowest BCUT2D eigenvalue weighted by Gasteiger charge is -1.98. The minimum Gasteiger partial charge on any atom is -0.410 e. The Hall–Kier alpha value is -2.42. The summed E-state index contributed by atoms with van der Waals surface area (Å²) in [5.41, 5.74) is 2.15. The SMILES string of the molecule is Cc1nc(CSc2nnc(-c3cc(C)n(C)n3)o2)cc(=O)[nH]1. The maximum atomic E-state index is 11.4. The molecule has 0 saturated carbocycles. The molecule has 0 spiro atoms. The first-order valence-electron chi connectivity index (χ1n) is 6.55. The zero-order chi connectivity index (χ0) is 15.7. The van der Waals surface area contributed by atoms with Gasteiger partial charge in [0, 0.05) is 24.6 Å². The molecule has 3 rings (SSSR count). The van der Waals surface area contributed by atoms with Crippen molar-refractivity contribution in [2.24, 2.45) is 7.05 Å². The Kier molecular flexibility index (Phi) is 3.80. The predicted molar refractivity (Wildman–Crippen MR) is 80.4 cm³/mol. The molecule has 3 aromatic heterocycles. The van der Waals surface area contributed by atoms with E-state index < -0.39 is 0 Å². The highest BCUT2D eigenvalue weighted by Crippen LogP contribution is 2.24. The average Bonchev–Trinajstić information content (AvgIpc) is 3.03. The molecule has 1 N–H and O–H groups in total. The lowest BCUT2D eigenvalue weighted by Crippen LogP contribution is -2.09. The van der Waals surface area contributed by atoms with Gasteiger partial charge in [-0.25, -0.2) is 4.98 Å². The predicted octanol–water partition coefficient (Wildman–Crippen LogP) is 1.46. The van der Waals surface area contributed by atoms with Gasteiger partial charge in [-0.2, -0.15) is 5.10 Å². The largest absolute Gasteiger partial charge is 0.410 e. The molecule has 0 atom stereocenters. The fraction of sp³-hybridized carbons (Fsp3) is 0.308. The summed E-state index contributed by atoms with van der Waals surface area (Å²) in [6, 6.07) is 3.34. The summed E-state index contributed by atoms with van der Waals surface area (Å²) in [6.45, 7) is 3.69. The molecule has 3 heterocycles. The Labute approximate surface area is 130 Å². The van der Waals surface area contributed by atoms with Gasteiger partial charge in [-0.3, -0.25) is 9.48 Å². The van der Waals surface area contributed by atoms with Gasteiger partial charge in [-0.05, 0) is 19.9 Å². The number of hydrogen-bond acceptors (Lipinski definition) is 7. The van der Waals surface area contributed by atoms with Gasteiger partial charge in [0.15, 0.2) is 0 Å². The quantitative estimate of drug-likeness (QED) is 0.726. The lowest BCUT2D eigenvalue weighted by molar-refractivity contribution is 0.463. The standard InChI is InChI=1S/C13H14N6O2S/c1-7-4-10(18-19(7)3)12-16-17-13(21-12)22-6-9-5-11(20)15-8(2)14-9/h4-5H,6H2,1-3H3,(H,14,15,20). The number of aromatic nitrogens is 6. The van der Waals surface area contributed by atoms with Crippen LogP contribution in [0.1, 0.15) is 17.2 Å². The third-order valence-corrected chi connectivity index (χ3v) is 3.85. The van der Waals surface area contributed by atoms with Crippen molar-refractivity contribution in [2.75, 3.05) is 0 Å². The number of hydrogen-bond donors (Lipinski definition) is 1. The number of rotatable bonds is 4. The minimum atomic E-state index is -0.168. The summed E-state index contributed by atoms with van der Waals surface area (Å²) in [7, 11) is 1.85. The van der Waals surface area contributed by atoms with Gasteiger partial charge in [0.1, 0.15) is 11.5 Å². The van der Waals surface area contributed by atoms with Gasteiger partial charge in [0.2, 0.25) is 0 Å². The van der Waals surface area contributed by atoms with Crippen LogP contribution in [-0.4, -0.2) is 29.9 Å². The summed E-state index contributed by atoms with van der Waals surface area (Å²) < 4.78 is 7.32. The number of aromatic amines is 1. The topological polar surface area (TPSA) is 102 Å². The van der Waals surface area contributed by atoms with Crippen molar-refractivity contribution in [3.63, 3.8) is 0 Å². The second-order valence-electron chi connectivity index (χ2n) is 4.78. The Morgan fingerprint density at radius 1 is 1.32 bits per heavy atom. The van der Waals surface area contributed by atoms with Gasteiger partial charge >= 0.3 is 0 Å². The first-order valence-corrected chi connectivity index (χ1v) is 7.54. The first-order chi connectivity index (χ1) is 10.5. The summed E-state index contributed by atoms with van der Waals surface area (Å²) in [4.78, 5) is 18.2. The van der Waals surface area contributed by atoms with Crippen LogP contribution < -0.4 is 5.56 Å². The molecule has 0 bridgehead atoms. The average molecular weight is 318 g/mol. The second kappa shape index (κ2) is 5.76. The molecule has 0 saturated heterocycles. The maximum Gasteiger partial charge on any atom is 0.277 e. The summed E-state index contributed by atoms with van der Waals surface area (Å²) in [5, 5.41) is 12.7. The monoisotopic (exact) mass is 318 g/mol.